The summed E-state index contributed by atoms with van der Waals surface area (Å²) in [4.78, 5) is 10.8. The van der Waals surface area contributed by atoms with Crippen LogP contribution in [0, 0.1) is 0 Å². The van der Waals surface area contributed by atoms with Crippen molar-refractivity contribution in [3.63, 3.8) is 0 Å². The van der Waals surface area contributed by atoms with Gasteiger partial charge in [0.2, 0.25) is 0 Å². The van der Waals surface area contributed by atoms with E-state index in [4.69, 9.17) is 0 Å². The van der Waals surface area contributed by atoms with Crippen molar-refractivity contribution in [1.82, 2.24) is 9.59 Å². The summed E-state index contributed by atoms with van der Waals surface area (Å²) in [5, 5.41) is 3.14. The van der Waals surface area contributed by atoms with Crippen LogP contribution in [-0.4, -0.2) is 22.2 Å². The van der Waals surface area contributed by atoms with E-state index >= 15 is 0 Å². The van der Waals surface area contributed by atoms with E-state index in [1.54, 1.807) is 6.92 Å². The highest BCUT2D eigenvalue weighted by molar-refractivity contribution is 7.07. The third kappa shape index (κ3) is 2.18. The molecule has 0 bridgehead atoms. The van der Waals surface area contributed by atoms with Gasteiger partial charge >= 0.3 is 5.97 Å². The molecule has 0 radical (unpaired) electrons. The number of carbonyl (C=O) groups is 1. The Balaban J connectivity index is 2.87. The third-order valence-corrected chi connectivity index (χ3v) is 1.90. The van der Waals surface area contributed by atoms with Gasteiger partial charge in [-0.05, 0) is 18.5 Å². The summed E-state index contributed by atoms with van der Waals surface area (Å²) in [6.07, 6.45) is -2.79. The van der Waals surface area contributed by atoms with Crippen LogP contribution in [0.15, 0.2) is 0 Å². The number of ether oxygens (including phenoxy) is 1. The van der Waals surface area contributed by atoms with Gasteiger partial charge in [-0.25, -0.2) is 13.6 Å². The van der Waals surface area contributed by atoms with Gasteiger partial charge in [-0.2, -0.15) is 0 Å². The average molecular weight is 208 g/mol. The standard InChI is InChI=1S/C6H6F2N2O2S/c1-2-12-6(11)4-3(5(7)8)9-10-13-4/h5H,2H2,1H3. The molecule has 0 amide bonds. The lowest BCUT2D eigenvalue weighted by molar-refractivity contribution is 0.0520. The molecule has 1 aromatic heterocycles. The molecule has 0 aliphatic rings. The van der Waals surface area contributed by atoms with E-state index in [9.17, 15) is 13.6 Å². The zero-order chi connectivity index (χ0) is 9.84. The van der Waals surface area contributed by atoms with E-state index in [1.165, 1.54) is 0 Å². The SMILES string of the molecule is CCOC(=O)c1snnc1C(F)F. The molecule has 0 saturated carbocycles. The van der Waals surface area contributed by atoms with Gasteiger partial charge in [-0.1, -0.05) is 4.49 Å². The molecule has 1 rings (SSSR count). The molecule has 0 fully saturated rings. The molecule has 4 nitrogen and oxygen atoms in total. The summed E-state index contributed by atoms with van der Waals surface area (Å²) in [6.45, 7) is 1.73. The number of nitrogens with zero attached hydrogens (tertiary/aromatic N) is 2. The Morgan fingerprint density at radius 2 is 2.38 bits per heavy atom. The molecule has 0 aromatic carbocycles. The Bertz CT molecular complexity index is 303. The van der Waals surface area contributed by atoms with Crippen LogP contribution < -0.4 is 0 Å². The van der Waals surface area contributed by atoms with Crippen LogP contribution in [0.4, 0.5) is 8.78 Å². The van der Waals surface area contributed by atoms with Gasteiger partial charge in [-0.15, -0.1) is 5.10 Å². The first-order chi connectivity index (χ1) is 6.16. The van der Waals surface area contributed by atoms with E-state index in [0.717, 1.165) is 0 Å². The lowest BCUT2D eigenvalue weighted by atomic mass is 10.4. The van der Waals surface area contributed by atoms with Gasteiger partial charge < -0.3 is 4.74 Å². The molecule has 0 atom stereocenters. The fraction of sp³-hybridized carbons (Fsp3) is 0.500. The van der Waals surface area contributed by atoms with Crippen LogP contribution in [0.1, 0.15) is 28.7 Å². The predicted molar refractivity (Wildman–Crippen MR) is 40.8 cm³/mol. The van der Waals surface area contributed by atoms with Crippen LogP contribution in [0.2, 0.25) is 0 Å². The molecule has 0 unspecified atom stereocenters. The number of rotatable bonds is 3. The van der Waals surface area contributed by atoms with Crippen molar-refractivity contribution in [3.05, 3.63) is 10.6 Å². The van der Waals surface area contributed by atoms with Crippen LogP contribution in [0.3, 0.4) is 0 Å². The monoisotopic (exact) mass is 208 g/mol. The second kappa shape index (κ2) is 4.22. The molecule has 1 aromatic rings. The van der Waals surface area contributed by atoms with E-state index in [1.807, 2.05) is 0 Å². The molecule has 13 heavy (non-hydrogen) atoms. The first-order valence-corrected chi connectivity index (χ1v) is 4.21. The molecule has 0 aliphatic heterocycles. The largest absolute Gasteiger partial charge is 0.462 e. The normalized spacial score (nSPS) is 10.5. The summed E-state index contributed by atoms with van der Waals surface area (Å²) in [6, 6.07) is 0. The Kier molecular flexibility index (Phi) is 3.24. The van der Waals surface area contributed by atoms with E-state index in [-0.39, 0.29) is 11.5 Å². The van der Waals surface area contributed by atoms with Crippen LogP contribution in [0.5, 0.6) is 0 Å². The Hall–Kier alpha value is -1.11. The molecule has 0 spiro atoms. The molecule has 72 valence electrons. The van der Waals surface area contributed by atoms with Crippen molar-refractivity contribution >= 4 is 17.5 Å². The van der Waals surface area contributed by atoms with Crippen molar-refractivity contribution in [2.24, 2.45) is 0 Å². The van der Waals surface area contributed by atoms with Crippen LogP contribution in [-0.2, 0) is 4.74 Å². The minimum absolute atomic E-state index is 0.138. The van der Waals surface area contributed by atoms with Crippen molar-refractivity contribution in [1.29, 1.82) is 0 Å². The smallest absolute Gasteiger partial charge is 0.352 e. The lowest BCUT2D eigenvalue weighted by Crippen LogP contribution is -2.05. The van der Waals surface area contributed by atoms with E-state index in [2.05, 4.69) is 14.3 Å². The zero-order valence-electron chi connectivity index (χ0n) is 6.66. The van der Waals surface area contributed by atoms with Crippen LogP contribution >= 0.6 is 11.5 Å². The molecule has 7 heteroatoms. The number of hydrogen-bond acceptors (Lipinski definition) is 5. The fourth-order valence-electron chi connectivity index (χ4n) is 0.679. The molecular weight excluding hydrogens is 202 g/mol. The van der Waals surface area contributed by atoms with Crippen molar-refractivity contribution in [3.8, 4) is 0 Å². The maximum atomic E-state index is 12.2. The maximum absolute atomic E-state index is 12.2. The quantitative estimate of drug-likeness (QED) is 0.709. The summed E-state index contributed by atoms with van der Waals surface area (Å²) < 4.78 is 32.1. The summed E-state index contributed by atoms with van der Waals surface area (Å²) in [7, 11) is 0. The summed E-state index contributed by atoms with van der Waals surface area (Å²) in [5.41, 5.74) is -0.608. The Labute approximate surface area is 76.7 Å². The highest BCUT2D eigenvalue weighted by atomic mass is 32.1. The highest BCUT2D eigenvalue weighted by Gasteiger charge is 2.23. The summed E-state index contributed by atoms with van der Waals surface area (Å²) >= 11 is 0.610. The number of aromatic nitrogens is 2. The number of alkyl halides is 2. The number of halogens is 2. The van der Waals surface area contributed by atoms with Gasteiger partial charge in [0.1, 0.15) is 0 Å². The lowest BCUT2D eigenvalue weighted by Gasteiger charge is -1.99. The average Bonchev–Trinajstić information content (AvgIpc) is 2.52. The fourth-order valence-corrected chi connectivity index (χ4v) is 1.25. The van der Waals surface area contributed by atoms with Gasteiger partial charge in [-0.3, -0.25) is 0 Å². The van der Waals surface area contributed by atoms with Crippen LogP contribution in [0.25, 0.3) is 0 Å². The number of hydrogen-bond donors (Lipinski definition) is 0. The number of carbonyl (C=O) groups excluding carboxylic acids is 1. The third-order valence-electron chi connectivity index (χ3n) is 1.18. The molecule has 0 aliphatic carbocycles. The first kappa shape index (κ1) is 9.97. The predicted octanol–water partition coefficient (Wildman–Crippen LogP) is 1.65. The van der Waals surface area contributed by atoms with Gasteiger partial charge in [0.15, 0.2) is 10.6 Å². The minimum atomic E-state index is -2.79. The Morgan fingerprint density at radius 1 is 1.69 bits per heavy atom. The summed E-state index contributed by atoms with van der Waals surface area (Å²) in [5.74, 6) is -0.798. The van der Waals surface area contributed by atoms with Crippen molar-refractivity contribution in [2.75, 3.05) is 6.61 Å². The zero-order valence-corrected chi connectivity index (χ0v) is 7.48. The van der Waals surface area contributed by atoms with Gasteiger partial charge in [0.25, 0.3) is 6.43 Å². The van der Waals surface area contributed by atoms with Crippen molar-refractivity contribution in [2.45, 2.75) is 13.3 Å². The van der Waals surface area contributed by atoms with E-state index in [0.29, 0.717) is 11.5 Å². The molecular formula is C6H6F2N2O2S. The highest BCUT2D eigenvalue weighted by Crippen LogP contribution is 2.23. The molecule has 0 N–H and O–H groups in total. The molecule has 1 heterocycles. The first-order valence-electron chi connectivity index (χ1n) is 3.44. The van der Waals surface area contributed by atoms with Crippen molar-refractivity contribution < 1.29 is 18.3 Å². The minimum Gasteiger partial charge on any atom is -0.462 e. The number of esters is 1. The maximum Gasteiger partial charge on any atom is 0.352 e. The Morgan fingerprint density at radius 3 is 2.92 bits per heavy atom. The topological polar surface area (TPSA) is 52.1 Å². The van der Waals surface area contributed by atoms with Gasteiger partial charge in [0.05, 0.1) is 6.61 Å². The second-order valence-electron chi connectivity index (χ2n) is 2.01. The second-order valence-corrected chi connectivity index (χ2v) is 2.76. The van der Waals surface area contributed by atoms with Gasteiger partial charge in [0, 0.05) is 0 Å². The van der Waals surface area contributed by atoms with E-state index < -0.39 is 18.1 Å². The molecule has 0 saturated heterocycles.